The number of benzene rings is 1. The van der Waals surface area contributed by atoms with Gasteiger partial charge in [0.05, 0.1) is 16.7 Å². The number of nitrogens with zero attached hydrogens (tertiary/aromatic N) is 1. The van der Waals surface area contributed by atoms with E-state index in [-0.39, 0.29) is 11.9 Å². The van der Waals surface area contributed by atoms with Crippen LogP contribution in [-0.2, 0) is 10.5 Å². The first-order valence-electron chi connectivity index (χ1n) is 7.18. The zero-order chi connectivity index (χ0) is 16.8. The average Bonchev–Trinajstić information content (AvgIpc) is 2.89. The Labute approximate surface area is 154 Å². The molecule has 0 unspecified atom stereocenters. The maximum atomic E-state index is 12.0. The Bertz CT molecular complexity index is 676. The van der Waals surface area contributed by atoms with E-state index in [1.165, 1.54) is 0 Å². The molecule has 0 aliphatic heterocycles. The van der Waals surface area contributed by atoms with Crippen molar-refractivity contribution in [3.8, 4) is 0 Å². The lowest BCUT2D eigenvalue weighted by Gasteiger charge is -2.16. The summed E-state index contributed by atoms with van der Waals surface area (Å²) in [4.78, 5) is 16.4. The highest BCUT2D eigenvalue weighted by Gasteiger charge is 2.13. The number of hydrogen-bond donors (Lipinski definition) is 1. The van der Waals surface area contributed by atoms with Gasteiger partial charge in [-0.1, -0.05) is 29.3 Å². The van der Waals surface area contributed by atoms with Crippen LogP contribution in [0.15, 0.2) is 23.6 Å². The molecule has 1 aromatic heterocycles. The van der Waals surface area contributed by atoms with Crippen molar-refractivity contribution in [1.82, 2.24) is 10.3 Å². The number of thioether (sulfide) groups is 1. The predicted octanol–water partition coefficient (Wildman–Crippen LogP) is 5.26. The molecular formula is C16H18Cl2N2OS2. The summed E-state index contributed by atoms with van der Waals surface area (Å²) in [5.41, 5.74) is 1.95. The fraction of sp³-hybridized carbons (Fsp3) is 0.375. The third-order valence-corrected chi connectivity index (χ3v) is 5.57. The lowest BCUT2D eigenvalue weighted by molar-refractivity contribution is -0.121. The molecule has 7 heteroatoms. The zero-order valence-electron chi connectivity index (χ0n) is 12.9. The highest BCUT2D eigenvalue weighted by molar-refractivity contribution is 7.98. The first kappa shape index (κ1) is 18.6. The number of nitrogens with one attached hydrogen (secondary N) is 1. The van der Waals surface area contributed by atoms with Gasteiger partial charge in [-0.2, -0.15) is 11.8 Å². The molecule has 0 fully saturated rings. The zero-order valence-corrected chi connectivity index (χ0v) is 16.1. The van der Waals surface area contributed by atoms with Gasteiger partial charge in [-0.3, -0.25) is 4.79 Å². The molecule has 1 atom stereocenters. The van der Waals surface area contributed by atoms with E-state index >= 15 is 0 Å². The molecule has 0 aliphatic carbocycles. The molecule has 0 saturated heterocycles. The van der Waals surface area contributed by atoms with Crippen molar-refractivity contribution in [3.63, 3.8) is 0 Å². The first-order chi connectivity index (χ1) is 11.0. The van der Waals surface area contributed by atoms with Crippen molar-refractivity contribution >= 4 is 52.2 Å². The summed E-state index contributed by atoms with van der Waals surface area (Å²) in [6, 6.07) is 5.16. The van der Waals surface area contributed by atoms with Crippen LogP contribution >= 0.6 is 46.3 Å². The Hall–Kier alpha value is -0.750. The fourth-order valence-electron chi connectivity index (χ4n) is 2.06. The van der Waals surface area contributed by atoms with E-state index in [0.29, 0.717) is 16.5 Å². The summed E-state index contributed by atoms with van der Waals surface area (Å²) in [7, 11) is 0. The second-order valence-electron chi connectivity index (χ2n) is 5.12. The van der Waals surface area contributed by atoms with Crippen LogP contribution in [0.3, 0.4) is 0 Å². The Morgan fingerprint density at radius 1 is 1.43 bits per heavy atom. The van der Waals surface area contributed by atoms with E-state index in [0.717, 1.165) is 27.8 Å². The van der Waals surface area contributed by atoms with E-state index in [4.69, 9.17) is 23.2 Å². The van der Waals surface area contributed by atoms with Gasteiger partial charge < -0.3 is 5.32 Å². The van der Waals surface area contributed by atoms with Crippen LogP contribution in [-0.4, -0.2) is 16.6 Å². The van der Waals surface area contributed by atoms with Crippen molar-refractivity contribution < 1.29 is 4.79 Å². The predicted molar refractivity (Wildman–Crippen MR) is 101 cm³/mol. The number of carbonyl (C=O) groups excluding carboxylic acids is 1. The molecule has 23 heavy (non-hydrogen) atoms. The summed E-state index contributed by atoms with van der Waals surface area (Å²) >= 11 is 15.4. The number of amides is 1. The van der Waals surface area contributed by atoms with Gasteiger partial charge in [-0.05, 0) is 31.5 Å². The molecule has 2 aromatic rings. The van der Waals surface area contributed by atoms with Crippen LogP contribution in [0.4, 0.5) is 0 Å². The monoisotopic (exact) mass is 388 g/mol. The summed E-state index contributed by atoms with van der Waals surface area (Å²) in [6.45, 7) is 3.91. The van der Waals surface area contributed by atoms with Crippen LogP contribution in [0.2, 0.25) is 10.0 Å². The molecule has 0 bridgehead atoms. The second kappa shape index (κ2) is 8.92. The minimum absolute atomic E-state index is 0.0190. The summed E-state index contributed by atoms with van der Waals surface area (Å²) < 4.78 is 0. The van der Waals surface area contributed by atoms with Crippen molar-refractivity contribution in [1.29, 1.82) is 0 Å². The molecule has 1 amide bonds. The minimum Gasteiger partial charge on any atom is -0.350 e. The number of carbonyl (C=O) groups is 1. The van der Waals surface area contributed by atoms with Crippen LogP contribution in [0.5, 0.6) is 0 Å². The van der Waals surface area contributed by atoms with E-state index in [1.54, 1.807) is 35.2 Å². The highest BCUT2D eigenvalue weighted by atomic mass is 35.5. The van der Waals surface area contributed by atoms with Crippen molar-refractivity contribution in [3.05, 3.63) is 49.9 Å². The minimum atomic E-state index is -0.140. The number of thiazole rings is 1. The van der Waals surface area contributed by atoms with Crippen molar-refractivity contribution in [2.24, 2.45) is 0 Å². The molecule has 0 radical (unpaired) electrons. The van der Waals surface area contributed by atoms with Crippen LogP contribution in [0.1, 0.15) is 35.7 Å². The van der Waals surface area contributed by atoms with Crippen molar-refractivity contribution in [2.75, 3.05) is 5.75 Å². The number of rotatable bonds is 7. The third-order valence-electron chi connectivity index (χ3n) is 3.20. The van der Waals surface area contributed by atoms with Crippen LogP contribution < -0.4 is 5.32 Å². The van der Waals surface area contributed by atoms with Crippen LogP contribution in [0, 0.1) is 6.92 Å². The van der Waals surface area contributed by atoms with Gasteiger partial charge >= 0.3 is 0 Å². The topological polar surface area (TPSA) is 42.0 Å². The van der Waals surface area contributed by atoms with Crippen LogP contribution in [0.25, 0.3) is 0 Å². The van der Waals surface area contributed by atoms with Gasteiger partial charge in [0, 0.05) is 33.4 Å². The van der Waals surface area contributed by atoms with E-state index in [2.05, 4.69) is 15.7 Å². The van der Waals surface area contributed by atoms with E-state index in [1.807, 2.05) is 19.9 Å². The van der Waals surface area contributed by atoms with Gasteiger partial charge in [-0.15, -0.1) is 11.3 Å². The maximum absolute atomic E-state index is 12.0. The molecular weight excluding hydrogens is 371 g/mol. The molecule has 3 nitrogen and oxygen atoms in total. The molecule has 0 aliphatic rings. The molecule has 0 saturated carbocycles. The Morgan fingerprint density at radius 2 is 2.22 bits per heavy atom. The molecule has 0 spiro atoms. The maximum Gasteiger partial charge on any atom is 0.221 e. The Balaban J connectivity index is 1.73. The van der Waals surface area contributed by atoms with Gasteiger partial charge in [-0.25, -0.2) is 4.98 Å². The third kappa shape index (κ3) is 5.99. The van der Waals surface area contributed by atoms with Gasteiger partial charge in [0.15, 0.2) is 0 Å². The number of halogens is 2. The lowest BCUT2D eigenvalue weighted by Crippen LogP contribution is -2.27. The van der Waals surface area contributed by atoms with E-state index < -0.39 is 0 Å². The second-order valence-corrected chi connectivity index (χ2v) is 8.13. The SMILES string of the molecule is Cc1nc(CSCCC(=O)N[C@H](C)c2ccc(Cl)cc2Cl)cs1. The molecule has 124 valence electrons. The molecule has 1 aromatic carbocycles. The summed E-state index contributed by atoms with van der Waals surface area (Å²) in [6.07, 6.45) is 0.476. The quantitative estimate of drug-likeness (QED) is 0.657. The summed E-state index contributed by atoms with van der Waals surface area (Å²) in [5, 5.41) is 7.26. The van der Waals surface area contributed by atoms with Crippen molar-refractivity contribution in [2.45, 2.75) is 32.1 Å². The standard InChI is InChI=1S/C16H18Cl2N2OS2/c1-10(14-4-3-12(17)7-15(14)18)19-16(21)5-6-22-8-13-9-23-11(2)20-13/h3-4,7,9-10H,5-6,8H2,1-2H3,(H,19,21)/t10-/m1/s1. The Kier molecular flexibility index (Phi) is 7.21. The number of aromatic nitrogens is 1. The first-order valence-corrected chi connectivity index (χ1v) is 9.98. The lowest BCUT2D eigenvalue weighted by atomic mass is 10.1. The highest BCUT2D eigenvalue weighted by Crippen LogP contribution is 2.26. The molecule has 1 heterocycles. The average molecular weight is 389 g/mol. The van der Waals surface area contributed by atoms with Gasteiger partial charge in [0.1, 0.15) is 0 Å². The number of aryl methyl sites for hydroxylation is 1. The fourth-order valence-corrected chi connectivity index (χ4v) is 4.18. The van der Waals surface area contributed by atoms with E-state index in [9.17, 15) is 4.79 Å². The Morgan fingerprint density at radius 3 is 2.87 bits per heavy atom. The van der Waals surface area contributed by atoms with Gasteiger partial charge in [0.2, 0.25) is 5.91 Å². The normalized spacial score (nSPS) is 12.2. The number of hydrogen-bond acceptors (Lipinski definition) is 4. The molecule has 2 rings (SSSR count). The largest absolute Gasteiger partial charge is 0.350 e. The smallest absolute Gasteiger partial charge is 0.221 e. The van der Waals surface area contributed by atoms with Gasteiger partial charge in [0.25, 0.3) is 0 Å². The molecule has 1 N–H and O–H groups in total. The summed E-state index contributed by atoms with van der Waals surface area (Å²) in [5.74, 6) is 1.63.